The van der Waals surface area contributed by atoms with Crippen LogP contribution in [0.2, 0.25) is 0 Å². The second-order valence-electron chi connectivity index (χ2n) is 6.92. The lowest BCUT2D eigenvalue weighted by Crippen LogP contribution is -2.46. The largest absolute Gasteiger partial charge is 0.461 e. The van der Waals surface area contributed by atoms with Crippen LogP contribution in [0.5, 0.6) is 0 Å². The highest BCUT2D eigenvalue weighted by molar-refractivity contribution is 6.06. The fraction of sp³-hybridized carbons (Fsp3) is 0.650. The highest BCUT2D eigenvalue weighted by Gasteiger charge is 2.32. The zero-order valence-electron chi connectivity index (χ0n) is 16.9. The third-order valence-corrected chi connectivity index (χ3v) is 5.06. The Morgan fingerprint density at radius 1 is 1.30 bits per heavy atom. The summed E-state index contributed by atoms with van der Waals surface area (Å²) in [7, 11) is 0. The number of aromatic nitrogens is 1. The number of Topliss-reactive ketones (excluding diaryl/α,β-unsaturated/α-hetero) is 1. The van der Waals surface area contributed by atoms with Crippen molar-refractivity contribution in [2.75, 3.05) is 19.8 Å². The van der Waals surface area contributed by atoms with Crippen molar-refractivity contribution in [2.45, 2.75) is 66.0 Å². The van der Waals surface area contributed by atoms with Crippen LogP contribution in [0.4, 0.5) is 0 Å². The summed E-state index contributed by atoms with van der Waals surface area (Å²) < 4.78 is 10.7. The Morgan fingerprint density at radius 2 is 2.00 bits per heavy atom. The standard InChI is InChI=1S/C20H30N2O5/c1-6-16(23)22(11-15-9-8-10-27-15)14(5)19(24)17-12(3)18(21-13(17)4)20(25)26-7-2/h14-15,21H,6-11H2,1-5H3/t14-,15-/m0/s1. The minimum absolute atomic E-state index is 0.0285. The van der Waals surface area contributed by atoms with Gasteiger partial charge in [0.2, 0.25) is 5.91 Å². The van der Waals surface area contributed by atoms with E-state index < -0.39 is 12.0 Å². The number of ketones is 1. The Labute approximate surface area is 160 Å². The molecule has 2 heterocycles. The number of amides is 1. The van der Waals surface area contributed by atoms with E-state index in [4.69, 9.17) is 9.47 Å². The molecule has 150 valence electrons. The van der Waals surface area contributed by atoms with Crippen molar-refractivity contribution in [1.82, 2.24) is 9.88 Å². The fourth-order valence-corrected chi connectivity index (χ4v) is 3.56. The summed E-state index contributed by atoms with van der Waals surface area (Å²) in [6, 6.07) is -0.634. The first kappa shape index (κ1) is 21.2. The molecule has 1 aliphatic rings. The molecule has 2 rings (SSSR count). The SMILES string of the molecule is CCOC(=O)c1[nH]c(C)c(C(=O)[C@H](C)N(C[C@@H]2CCCO2)C(=O)CC)c1C. The molecule has 7 nitrogen and oxygen atoms in total. The van der Waals surface area contributed by atoms with Crippen molar-refractivity contribution in [3.05, 3.63) is 22.5 Å². The van der Waals surface area contributed by atoms with Gasteiger partial charge in [-0.15, -0.1) is 0 Å². The number of rotatable bonds is 8. The highest BCUT2D eigenvalue weighted by atomic mass is 16.5. The molecule has 0 spiro atoms. The van der Waals surface area contributed by atoms with E-state index >= 15 is 0 Å². The maximum atomic E-state index is 13.2. The molecule has 0 saturated carbocycles. The minimum Gasteiger partial charge on any atom is -0.461 e. The Hall–Kier alpha value is -2.15. The van der Waals surface area contributed by atoms with Crippen LogP contribution in [0, 0.1) is 13.8 Å². The summed E-state index contributed by atoms with van der Waals surface area (Å²) in [5.74, 6) is -0.745. The summed E-state index contributed by atoms with van der Waals surface area (Å²) in [4.78, 5) is 42.4. The van der Waals surface area contributed by atoms with Crippen LogP contribution in [0.3, 0.4) is 0 Å². The molecule has 0 aliphatic carbocycles. The zero-order chi connectivity index (χ0) is 20.1. The maximum Gasteiger partial charge on any atom is 0.355 e. The van der Waals surface area contributed by atoms with E-state index in [0.29, 0.717) is 36.4 Å². The minimum atomic E-state index is -0.634. The number of aromatic amines is 1. The van der Waals surface area contributed by atoms with Gasteiger partial charge in [-0.2, -0.15) is 0 Å². The average molecular weight is 378 g/mol. The van der Waals surface area contributed by atoms with Crippen molar-refractivity contribution in [2.24, 2.45) is 0 Å². The van der Waals surface area contributed by atoms with E-state index in [1.54, 1.807) is 39.5 Å². The number of ether oxygens (including phenoxy) is 2. The lowest BCUT2D eigenvalue weighted by Gasteiger charge is -2.30. The van der Waals surface area contributed by atoms with Crippen molar-refractivity contribution in [3.8, 4) is 0 Å². The Morgan fingerprint density at radius 3 is 2.56 bits per heavy atom. The van der Waals surface area contributed by atoms with Crippen LogP contribution < -0.4 is 0 Å². The number of nitrogens with one attached hydrogen (secondary N) is 1. The predicted molar refractivity (Wildman–Crippen MR) is 101 cm³/mol. The smallest absolute Gasteiger partial charge is 0.355 e. The Bertz CT molecular complexity index is 703. The fourth-order valence-electron chi connectivity index (χ4n) is 3.56. The number of carbonyl (C=O) groups excluding carboxylic acids is 3. The van der Waals surface area contributed by atoms with Gasteiger partial charge in [0.1, 0.15) is 5.69 Å². The van der Waals surface area contributed by atoms with Gasteiger partial charge in [-0.1, -0.05) is 6.92 Å². The van der Waals surface area contributed by atoms with E-state index in [2.05, 4.69) is 4.98 Å². The van der Waals surface area contributed by atoms with Gasteiger partial charge in [-0.25, -0.2) is 4.79 Å². The second-order valence-corrected chi connectivity index (χ2v) is 6.92. The molecule has 7 heteroatoms. The highest BCUT2D eigenvalue weighted by Crippen LogP contribution is 2.23. The van der Waals surface area contributed by atoms with Crippen molar-refractivity contribution in [1.29, 1.82) is 0 Å². The van der Waals surface area contributed by atoms with Gasteiger partial charge in [0.05, 0.1) is 18.8 Å². The van der Waals surface area contributed by atoms with Crippen molar-refractivity contribution >= 4 is 17.7 Å². The number of hydrogen-bond donors (Lipinski definition) is 1. The van der Waals surface area contributed by atoms with Crippen LogP contribution in [0.1, 0.15) is 72.1 Å². The van der Waals surface area contributed by atoms with Gasteiger partial charge in [0.15, 0.2) is 5.78 Å². The molecule has 1 aromatic rings. The summed E-state index contributed by atoms with van der Waals surface area (Å²) >= 11 is 0. The monoisotopic (exact) mass is 378 g/mol. The van der Waals surface area contributed by atoms with E-state index in [-0.39, 0.29) is 30.1 Å². The predicted octanol–water partition coefficient (Wildman–Crippen LogP) is 2.80. The quantitative estimate of drug-likeness (QED) is 0.555. The van der Waals surface area contributed by atoms with Gasteiger partial charge in [0, 0.05) is 30.8 Å². The molecule has 0 bridgehead atoms. The summed E-state index contributed by atoms with van der Waals surface area (Å²) in [6.45, 7) is 10.1. The van der Waals surface area contributed by atoms with E-state index in [0.717, 1.165) is 12.8 Å². The van der Waals surface area contributed by atoms with Crippen LogP contribution in [-0.2, 0) is 14.3 Å². The van der Waals surface area contributed by atoms with Crippen molar-refractivity contribution in [3.63, 3.8) is 0 Å². The zero-order valence-corrected chi connectivity index (χ0v) is 16.9. The van der Waals surface area contributed by atoms with Crippen LogP contribution in [0.25, 0.3) is 0 Å². The topological polar surface area (TPSA) is 88.7 Å². The molecular weight excluding hydrogens is 348 g/mol. The normalized spacial score (nSPS) is 17.6. The Kier molecular flexibility index (Phi) is 7.18. The first-order chi connectivity index (χ1) is 12.8. The van der Waals surface area contributed by atoms with Gasteiger partial charge < -0.3 is 19.4 Å². The molecule has 0 aromatic carbocycles. The number of carbonyl (C=O) groups is 3. The van der Waals surface area contributed by atoms with Gasteiger partial charge in [-0.3, -0.25) is 9.59 Å². The molecule has 1 aromatic heterocycles. The second kappa shape index (κ2) is 9.17. The third kappa shape index (κ3) is 4.58. The van der Waals surface area contributed by atoms with Gasteiger partial charge in [0.25, 0.3) is 0 Å². The lowest BCUT2D eigenvalue weighted by atomic mass is 9.99. The number of nitrogens with zero attached hydrogens (tertiary/aromatic N) is 1. The van der Waals surface area contributed by atoms with E-state index in [1.807, 2.05) is 0 Å². The number of H-pyrrole nitrogens is 1. The van der Waals surface area contributed by atoms with E-state index in [9.17, 15) is 14.4 Å². The molecule has 1 saturated heterocycles. The number of esters is 1. The van der Waals surface area contributed by atoms with Gasteiger partial charge >= 0.3 is 5.97 Å². The number of aryl methyl sites for hydroxylation is 1. The molecule has 27 heavy (non-hydrogen) atoms. The summed E-state index contributed by atoms with van der Waals surface area (Å²) in [5.41, 5.74) is 1.90. The van der Waals surface area contributed by atoms with Crippen LogP contribution in [0.15, 0.2) is 0 Å². The first-order valence-electron chi connectivity index (χ1n) is 9.63. The molecule has 1 N–H and O–H groups in total. The average Bonchev–Trinajstić information content (AvgIpc) is 3.25. The van der Waals surface area contributed by atoms with E-state index in [1.165, 1.54) is 0 Å². The molecular formula is C20H30N2O5. The molecule has 2 atom stereocenters. The molecule has 1 fully saturated rings. The Balaban J connectivity index is 2.27. The molecule has 1 amide bonds. The maximum absolute atomic E-state index is 13.2. The molecule has 0 unspecified atom stereocenters. The molecule has 0 radical (unpaired) electrons. The third-order valence-electron chi connectivity index (χ3n) is 5.06. The van der Waals surface area contributed by atoms with Crippen LogP contribution >= 0.6 is 0 Å². The number of hydrogen-bond acceptors (Lipinski definition) is 5. The first-order valence-corrected chi connectivity index (χ1v) is 9.63. The molecule has 1 aliphatic heterocycles. The van der Waals surface area contributed by atoms with Gasteiger partial charge in [-0.05, 0) is 46.1 Å². The van der Waals surface area contributed by atoms with Crippen LogP contribution in [-0.4, -0.2) is 59.4 Å². The lowest BCUT2D eigenvalue weighted by molar-refractivity contribution is -0.133. The summed E-state index contributed by atoms with van der Waals surface area (Å²) in [5, 5.41) is 0. The van der Waals surface area contributed by atoms with Crippen molar-refractivity contribution < 1.29 is 23.9 Å². The summed E-state index contributed by atoms with van der Waals surface area (Å²) in [6.07, 6.45) is 2.16.